The molecule has 0 aliphatic rings. The van der Waals surface area contributed by atoms with Crippen LogP contribution >= 0.6 is 0 Å². The number of guanidine groups is 1. The molecule has 0 bridgehead atoms. The molecule has 3 aromatic rings. The number of hydrogen-bond acceptors (Lipinski definition) is 5. The zero-order valence-electron chi connectivity index (χ0n) is 16.1. The minimum Gasteiger partial charge on any atom is -0.481 e. The zero-order chi connectivity index (χ0) is 22.5. The van der Waals surface area contributed by atoms with Crippen LogP contribution in [0.15, 0.2) is 64.8 Å². The lowest BCUT2D eigenvalue weighted by Gasteiger charge is -2.10. The summed E-state index contributed by atoms with van der Waals surface area (Å²) in [5, 5.41) is 23.4. The van der Waals surface area contributed by atoms with Crippen LogP contribution in [0.4, 0.5) is 11.4 Å². The molecule has 3 rings (SSSR count). The number of amidine groups is 1. The molecule has 1 amide bonds. The quantitative estimate of drug-likeness (QED) is 0.233. The largest absolute Gasteiger partial charge is 0.481 e. The van der Waals surface area contributed by atoms with Crippen molar-refractivity contribution in [3.8, 4) is 0 Å². The number of nitrogens with zero attached hydrogens (tertiary/aromatic N) is 2. The molecule has 0 heterocycles. The molecule has 0 aliphatic heterocycles. The summed E-state index contributed by atoms with van der Waals surface area (Å²) < 4.78 is 0. The second-order valence-electron chi connectivity index (χ2n) is 6.66. The number of carbonyl (C=O) groups excluding carboxylic acids is 1. The van der Waals surface area contributed by atoms with E-state index < -0.39 is 17.8 Å². The lowest BCUT2D eigenvalue weighted by atomic mass is 10.0. The second kappa shape index (κ2) is 8.82. The molecular formula is C21H18N6O4. The molecule has 0 atom stereocenters. The van der Waals surface area contributed by atoms with Gasteiger partial charge in [0.1, 0.15) is 5.84 Å². The number of carboxylic acids is 1. The summed E-state index contributed by atoms with van der Waals surface area (Å²) in [6, 6.07) is 14.6. The first-order valence-electron chi connectivity index (χ1n) is 8.98. The number of aliphatic imine (C=N–C) groups is 1. The number of amides is 1. The van der Waals surface area contributed by atoms with E-state index in [9.17, 15) is 14.5 Å². The van der Waals surface area contributed by atoms with Gasteiger partial charge in [0.2, 0.25) is 0 Å². The maximum atomic E-state index is 12.7. The van der Waals surface area contributed by atoms with Gasteiger partial charge in [0.05, 0.1) is 12.1 Å². The molecule has 0 aromatic heterocycles. The number of anilines is 1. The van der Waals surface area contributed by atoms with Crippen molar-refractivity contribution in [1.82, 2.24) is 0 Å². The number of carboxylic acid groups (broad SMARTS) is 1. The Bertz CT molecular complexity index is 1250. The molecule has 0 fully saturated rings. The van der Waals surface area contributed by atoms with E-state index in [2.05, 4.69) is 15.5 Å². The van der Waals surface area contributed by atoms with Crippen LogP contribution in [0.3, 0.4) is 0 Å². The van der Waals surface area contributed by atoms with Gasteiger partial charge in [-0.1, -0.05) is 18.2 Å². The molecule has 10 nitrogen and oxygen atoms in total. The van der Waals surface area contributed by atoms with Crippen LogP contribution < -0.4 is 16.8 Å². The SMILES string of the molecule is N=C(N)c1ccc2cc(C(=O)Nc3cc(CC(=O)O)cc(N=C(N)N=O)c3)ccc2c1. The van der Waals surface area contributed by atoms with E-state index in [-0.39, 0.29) is 23.6 Å². The van der Waals surface area contributed by atoms with Gasteiger partial charge in [0.25, 0.3) is 11.9 Å². The zero-order valence-corrected chi connectivity index (χ0v) is 16.1. The van der Waals surface area contributed by atoms with Gasteiger partial charge in [-0.05, 0) is 52.7 Å². The number of nitrogens with one attached hydrogen (secondary N) is 2. The number of benzene rings is 3. The minimum atomic E-state index is -1.07. The molecule has 0 unspecified atom stereocenters. The monoisotopic (exact) mass is 418 g/mol. The van der Waals surface area contributed by atoms with Crippen LogP contribution in [-0.2, 0) is 11.2 Å². The van der Waals surface area contributed by atoms with Crippen molar-refractivity contribution in [2.45, 2.75) is 6.42 Å². The fourth-order valence-electron chi connectivity index (χ4n) is 3.00. The lowest BCUT2D eigenvalue weighted by Crippen LogP contribution is -2.13. The summed E-state index contributed by atoms with van der Waals surface area (Å²) in [6.45, 7) is 0. The molecule has 3 aromatic carbocycles. The van der Waals surface area contributed by atoms with Crippen molar-refractivity contribution >= 4 is 45.8 Å². The molecule has 156 valence electrons. The number of aliphatic carboxylic acids is 1. The number of nitrogens with two attached hydrogens (primary N) is 2. The first kappa shape index (κ1) is 21.1. The Labute approximate surface area is 176 Å². The third-order valence-electron chi connectivity index (χ3n) is 4.34. The predicted molar refractivity (Wildman–Crippen MR) is 118 cm³/mol. The van der Waals surface area contributed by atoms with Crippen molar-refractivity contribution in [3.63, 3.8) is 0 Å². The number of nitrogen functional groups attached to an aromatic ring is 1. The number of nitroso groups, excluding NO2 is 1. The van der Waals surface area contributed by atoms with Gasteiger partial charge in [-0.2, -0.15) is 0 Å². The van der Waals surface area contributed by atoms with Crippen LogP contribution in [0.1, 0.15) is 21.5 Å². The predicted octanol–water partition coefficient (Wildman–Crippen LogP) is 2.72. The summed E-state index contributed by atoms with van der Waals surface area (Å²) in [5.74, 6) is -2.07. The minimum absolute atomic E-state index is 0.0474. The summed E-state index contributed by atoms with van der Waals surface area (Å²) in [5.41, 5.74) is 12.6. The van der Waals surface area contributed by atoms with Crippen LogP contribution in [0.2, 0.25) is 0 Å². The van der Waals surface area contributed by atoms with E-state index in [0.29, 0.717) is 16.7 Å². The Hall–Kier alpha value is -4.60. The molecule has 31 heavy (non-hydrogen) atoms. The number of fused-ring (bicyclic) bond motifs is 1. The lowest BCUT2D eigenvalue weighted by molar-refractivity contribution is -0.136. The third-order valence-corrected chi connectivity index (χ3v) is 4.34. The molecule has 7 N–H and O–H groups in total. The highest BCUT2D eigenvalue weighted by molar-refractivity contribution is 6.07. The Morgan fingerprint density at radius 2 is 1.61 bits per heavy atom. The Balaban J connectivity index is 1.91. The molecular weight excluding hydrogens is 400 g/mol. The van der Waals surface area contributed by atoms with E-state index in [1.807, 2.05) is 0 Å². The van der Waals surface area contributed by atoms with Gasteiger partial charge < -0.3 is 21.9 Å². The molecule has 0 aliphatic carbocycles. The molecule has 0 radical (unpaired) electrons. The van der Waals surface area contributed by atoms with Gasteiger partial charge in [0.15, 0.2) is 0 Å². The molecule has 0 saturated carbocycles. The maximum Gasteiger partial charge on any atom is 0.307 e. The van der Waals surface area contributed by atoms with E-state index in [1.165, 1.54) is 18.2 Å². The normalized spacial score (nSPS) is 11.2. The van der Waals surface area contributed by atoms with Gasteiger partial charge in [-0.15, -0.1) is 4.91 Å². The average molecular weight is 418 g/mol. The van der Waals surface area contributed by atoms with Crippen molar-refractivity contribution in [3.05, 3.63) is 76.2 Å². The van der Waals surface area contributed by atoms with Gasteiger partial charge in [0, 0.05) is 22.0 Å². The van der Waals surface area contributed by atoms with Crippen molar-refractivity contribution in [1.29, 1.82) is 5.41 Å². The van der Waals surface area contributed by atoms with Crippen LogP contribution in [-0.4, -0.2) is 28.8 Å². The second-order valence-corrected chi connectivity index (χ2v) is 6.66. The third kappa shape index (κ3) is 5.26. The van der Waals surface area contributed by atoms with Crippen LogP contribution in [0.25, 0.3) is 10.8 Å². The highest BCUT2D eigenvalue weighted by Crippen LogP contribution is 2.24. The van der Waals surface area contributed by atoms with Crippen molar-refractivity contribution in [2.75, 3.05) is 5.32 Å². The summed E-state index contributed by atoms with van der Waals surface area (Å²) >= 11 is 0. The Morgan fingerprint density at radius 1 is 0.968 bits per heavy atom. The number of rotatable bonds is 6. The van der Waals surface area contributed by atoms with Crippen LogP contribution in [0, 0.1) is 10.3 Å². The highest BCUT2D eigenvalue weighted by atomic mass is 16.4. The highest BCUT2D eigenvalue weighted by Gasteiger charge is 2.11. The Morgan fingerprint density at radius 3 is 2.23 bits per heavy atom. The summed E-state index contributed by atoms with van der Waals surface area (Å²) in [7, 11) is 0. The van der Waals surface area contributed by atoms with Crippen molar-refractivity contribution in [2.24, 2.45) is 21.6 Å². The first-order valence-corrected chi connectivity index (χ1v) is 8.98. The maximum absolute atomic E-state index is 12.7. The number of carbonyl (C=O) groups is 2. The standard InChI is InChI=1S/C21H18N6O4/c22-19(23)14-3-1-13-9-15(4-2-12(13)8-14)20(30)25-16-5-11(7-18(28)29)6-17(10-16)26-21(24)27-31/h1-6,8-10H,7H2,(H3,22,23)(H2,24,26)(H,25,30)(H,28,29). The summed E-state index contributed by atoms with van der Waals surface area (Å²) in [4.78, 5) is 38.1. The van der Waals surface area contributed by atoms with Crippen molar-refractivity contribution < 1.29 is 14.7 Å². The van der Waals surface area contributed by atoms with E-state index in [1.54, 1.807) is 36.4 Å². The average Bonchev–Trinajstić information content (AvgIpc) is 2.72. The fourth-order valence-corrected chi connectivity index (χ4v) is 3.00. The molecule has 10 heteroatoms. The summed E-state index contributed by atoms with van der Waals surface area (Å²) in [6.07, 6.45) is -0.310. The van der Waals surface area contributed by atoms with E-state index in [0.717, 1.165) is 10.8 Å². The van der Waals surface area contributed by atoms with Gasteiger partial charge >= 0.3 is 5.97 Å². The molecule has 0 saturated heterocycles. The fraction of sp³-hybridized carbons (Fsp3) is 0.0476. The van der Waals surface area contributed by atoms with E-state index in [4.69, 9.17) is 22.0 Å². The number of hydrogen-bond donors (Lipinski definition) is 5. The van der Waals surface area contributed by atoms with Gasteiger partial charge in [-0.25, -0.2) is 4.99 Å². The van der Waals surface area contributed by atoms with Crippen LogP contribution in [0.5, 0.6) is 0 Å². The first-order chi connectivity index (χ1) is 14.7. The topological polar surface area (TPSA) is 184 Å². The molecule has 0 spiro atoms. The van der Waals surface area contributed by atoms with E-state index >= 15 is 0 Å². The van der Waals surface area contributed by atoms with Gasteiger partial charge in [-0.3, -0.25) is 15.0 Å². The Kier molecular flexibility index (Phi) is 6.01. The smallest absolute Gasteiger partial charge is 0.307 e.